The van der Waals surface area contributed by atoms with Gasteiger partial charge in [-0.05, 0) is 19.8 Å². The van der Waals surface area contributed by atoms with Gasteiger partial charge in [0.25, 0.3) is 0 Å². The summed E-state index contributed by atoms with van der Waals surface area (Å²) in [7, 11) is 0. The van der Waals surface area contributed by atoms with Gasteiger partial charge in [-0.2, -0.15) is 0 Å². The summed E-state index contributed by atoms with van der Waals surface area (Å²) in [6.45, 7) is 9.11. The Hall–Kier alpha value is -1.03. The van der Waals surface area contributed by atoms with Gasteiger partial charge in [0.2, 0.25) is 0 Å². The molecule has 1 saturated heterocycles. The fraction of sp³-hybridized carbons (Fsp3) is 0.625. The molecule has 0 radical (unpaired) electrons. The number of carbonyl (C=O) groups is 1. The SMILES string of the molecule is C=C.CC1CCCO1.O=C(O)O. The molecule has 0 aliphatic carbocycles. The largest absolute Gasteiger partial charge is 0.503 e. The maximum absolute atomic E-state index is 8.56. The monoisotopic (exact) mass is 176 g/mol. The van der Waals surface area contributed by atoms with Gasteiger partial charge in [-0.3, -0.25) is 0 Å². The van der Waals surface area contributed by atoms with Crippen molar-refractivity contribution in [3.05, 3.63) is 13.2 Å². The normalized spacial score (nSPS) is 19.6. The molecule has 0 spiro atoms. The minimum atomic E-state index is -1.83. The van der Waals surface area contributed by atoms with Crippen molar-refractivity contribution < 1.29 is 19.7 Å². The van der Waals surface area contributed by atoms with Crippen LogP contribution in [0.1, 0.15) is 19.8 Å². The van der Waals surface area contributed by atoms with Crippen molar-refractivity contribution in [2.45, 2.75) is 25.9 Å². The number of carboxylic acid groups (broad SMARTS) is 2. The lowest BCUT2D eigenvalue weighted by Crippen LogP contribution is -1.94. The summed E-state index contributed by atoms with van der Waals surface area (Å²) < 4.78 is 5.15. The van der Waals surface area contributed by atoms with Gasteiger partial charge >= 0.3 is 6.16 Å². The van der Waals surface area contributed by atoms with Crippen molar-refractivity contribution in [2.75, 3.05) is 6.61 Å². The van der Waals surface area contributed by atoms with Gasteiger partial charge in [0.1, 0.15) is 0 Å². The maximum Gasteiger partial charge on any atom is 0.503 e. The van der Waals surface area contributed by atoms with Crippen molar-refractivity contribution in [2.24, 2.45) is 0 Å². The third kappa shape index (κ3) is 16.0. The second-order valence-electron chi connectivity index (χ2n) is 2.11. The molecule has 1 aliphatic rings. The highest BCUT2D eigenvalue weighted by Gasteiger charge is 2.07. The first-order valence-electron chi connectivity index (χ1n) is 3.66. The second-order valence-corrected chi connectivity index (χ2v) is 2.11. The molecule has 0 aromatic rings. The van der Waals surface area contributed by atoms with Crippen LogP contribution in [0.3, 0.4) is 0 Å². The van der Waals surface area contributed by atoms with Gasteiger partial charge < -0.3 is 14.9 Å². The third-order valence-electron chi connectivity index (χ3n) is 1.16. The predicted octanol–water partition coefficient (Wildman–Crippen LogP) is 2.21. The Bertz CT molecular complexity index is 104. The Morgan fingerprint density at radius 3 is 2.00 bits per heavy atom. The number of rotatable bonds is 0. The Morgan fingerprint density at radius 2 is 1.92 bits per heavy atom. The van der Waals surface area contributed by atoms with Crippen LogP contribution in [-0.2, 0) is 4.74 Å². The van der Waals surface area contributed by atoms with Crippen LogP contribution < -0.4 is 0 Å². The fourth-order valence-corrected chi connectivity index (χ4v) is 0.739. The molecule has 0 saturated carbocycles. The van der Waals surface area contributed by atoms with E-state index in [2.05, 4.69) is 20.1 Å². The molecule has 0 aromatic carbocycles. The standard InChI is InChI=1S/C5H10O.C2H4.CH2O3/c1-5-3-2-4-6-5;1-2;2-1(3)4/h5H,2-4H2,1H3;1-2H2;(H2,2,3,4). The molecule has 1 heterocycles. The van der Waals surface area contributed by atoms with E-state index in [-0.39, 0.29) is 0 Å². The first kappa shape index (κ1) is 13.6. The molecular weight excluding hydrogens is 160 g/mol. The van der Waals surface area contributed by atoms with Gasteiger partial charge in [0.05, 0.1) is 6.10 Å². The average Bonchev–Trinajstić information content (AvgIpc) is 2.43. The molecule has 12 heavy (non-hydrogen) atoms. The summed E-state index contributed by atoms with van der Waals surface area (Å²) in [5.74, 6) is 0. The predicted molar refractivity (Wildman–Crippen MR) is 46.6 cm³/mol. The summed E-state index contributed by atoms with van der Waals surface area (Å²) >= 11 is 0. The van der Waals surface area contributed by atoms with Crippen LogP contribution in [0.5, 0.6) is 0 Å². The molecular formula is C8H16O4. The van der Waals surface area contributed by atoms with Crippen molar-refractivity contribution >= 4 is 6.16 Å². The highest BCUT2D eigenvalue weighted by Crippen LogP contribution is 2.09. The lowest BCUT2D eigenvalue weighted by Gasteiger charge is -1.94. The van der Waals surface area contributed by atoms with E-state index >= 15 is 0 Å². The fourth-order valence-electron chi connectivity index (χ4n) is 0.739. The zero-order chi connectivity index (χ0) is 9.98. The van der Waals surface area contributed by atoms with Gasteiger partial charge in [-0.25, -0.2) is 4.79 Å². The van der Waals surface area contributed by atoms with E-state index in [9.17, 15) is 0 Å². The zero-order valence-electron chi connectivity index (χ0n) is 7.32. The molecule has 4 nitrogen and oxygen atoms in total. The Morgan fingerprint density at radius 1 is 1.50 bits per heavy atom. The summed E-state index contributed by atoms with van der Waals surface area (Å²) in [4.78, 5) is 8.56. The molecule has 2 N–H and O–H groups in total. The van der Waals surface area contributed by atoms with Crippen molar-refractivity contribution in [1.82, 2.24) is 0 Å². The van der Waals surface area contributed by atoms with Crippen LogP contribution in [0.25, 0.3) is 0 Å². The highest BCUT2D eigenvalue weighted by atomic mass is 16.6. The van der Waals surface area contributed by atoms with Crippen molar-refractivity contribution in [1.29, 1.82) is 0 Å². The summed E-state index contributed by atoms with van der Waals surface area (Å²) in [5.41, 5.74) is 0. The minimum absolute atomic E-state index is 0.546. The van der Waals surface area contributed by atoms with E-state index in [1.807, 2.05) is 0 Å². The molecule has 0 aromatic heterocycles. The lowest BCUT2D eigenvalue weighted by molar-refractivity contribution is 0.125. The van der Waals surface area contributed by atoms with Gasteiger partial charge in [-0.1, -0.05) is 0 Å². The van der Waals surface area contributed by atoms with Gasteiger partial charge in [0, 0.05) is 6.61 Å². The Balaban J connectivity index is 0. The minimum Gasteiger partial charge on any atom is -0.450 e. The maximum atomic E-state index is 8.56. The first-order valence-corrected chi connectivity index (χ1v) is 3.66. The van der Waals surface area contributed by atoms with Crippen LogP contribution in [0, 0.1) is 0 Å². The van der Waals surface area contributed by atoms with Crippen LogP contribution >= 0.6 is 0 Å². The molecule has 1 aliphatic heterocycles. The van der Waals surface area contributed by atoms with E-state index < -0.39 is 6.16 Å². The highest BCUT2D eigenvalue weighted by molar-refractivity contribution is 5.53. The average molecular weight is 176 g/mol. The van der Waals surface area contributed by atoms with Gasteiger partial charge in [0.15, 0.2) is 0 Å². The topological polar surface area (TPSA) is 66.8 Å². The molecule has 1 fully saturated rings. The quantitative estimate of drug-likeness (QED) is 0.555. The molecule has 0 amide bonds. The van der Waals surface area contributed by atoms with Gasteiger partial charge in [-0.15, -0.1) is 13.2 Å². The van der Waals surface area contributed by atoms with E-state index in [1.54, 1.807) is 0 Å². The summed E-state index contributed by atoms with van der Waals surface area (Å²) in [6.07, 6.45) is 1.24. The smallest absolute Gasteiger partial charge is 0.450 e. The van der Waals surface area contributed by atoms with Crippen LogP contribution in [0.2, 0.25) is 0 Å². The summed E-state index contributed by atoms with van der Waals surface area (Å²) in [6, 6.07) is 0. The zero-order valence-corrected chi connectivity index (χ0v) is 7.32. The van der Waals surface area contributed by atoms with Crippen LogP contribution in [-0.4, -0.2) is 29.1 Å². The first-order chi connectivity index (χ1) is 5.63. The number of hydrogen-bond donors (Lipinski definition) is 2. The molecule has 1 atom stereocenters. The Labute approximate surface area is 72.5 Å². The lowest BCUT2D eigenvalue weighted by atomic mass is 10.3. The molecule has 1 rings (SSSR count). The number of ether oxygens (including phenoxy) is 1. The van der Waals surface area contributed by atoms with Crippen molar-refractivity contribution in [3.8, 4) is 0 Å². The molecule has 4 heteroatoms. The van der Waals surface area contributed by atoms with E-state index in [0.29, 0.717) is 6.10 Å². The van der Waals surface area contributed by atoms with Crippen molar-refractivity contribution in [3.63, 3.8) is 0 Å². The Kier molecular flexibility index (Phi) is 11.3. The van der Waals surface area contributed by atoms with E-state index in [0.717, 1.165) is 6.61 Å². The second kappa shape index (κ2) is 9.97. The molecule has 0 bridgehead atoms. The van der Waals surface area contributed by atoms with E-state index in [4.69, 9.17) is 19.7 Å². The van der Waals surface area contributed by atoms with E-state index in [1.165, 1.54) is 12.8 Å². The third-order valence-corrected chi connectivity index (χ3v) is 1.16. The molecule has 72 valence electrons. The van der Waals surface area contributed by atoms with Crippen LogP contribution in [0.4, 0.5) is 4.79 Å². The number of hydrogen-bond acceptors (Lipinski definition) is 2. The summed E-state index contributed by atoms with van der Waals surface area (Å²) in [5, 5.41) is 13.9. The molecule has 1 unspecified atom stereocenters. The van der Waals surface area contributed by atoms with Crippen LogP contribution in [0.15, 0.2) is 13.2 Å².